The summed E-state index contributed by atoms with van der Waals surface area (Å²) >= 11 is 0. The molecule has 0 spiro atoms. The second kappa shape index (κ2) is 5.97. The number of carbonyl (C=O) groups is 1. The summed E-state index contributed by atoms with van der Waals surface area (Å²) in [6.45, 7) is 0.674. The van der Waals surface area contributed by atoms with E-state index in [0.29, 0.717) is 24.6 Å². The molecule has 6 heteroatoms. The molecule has 0 unspecified atom stereocenters. The number of phenolic OH excluding ortho intramolecular Hbond substituents is 1. The van der Waals surface area contributed by atoms with Gasteiger partial charge in [-0.25, -0.2) is 8.78 Å². The van der Waals surface area contributed by atoms with Crippen LogP contribution < -0.4 is 10.6 Å². The SMILES string of the molecule is O=C(CCNCc1cc(F)c(O)c(F)c1)NC1CC1. The molecule has 2 rings (SSSR count). The Balaban J connectivity index is 1.71. The number of rotatable bonds is 6. The van der Waals surface area contributed by atoms with Gasteiger partial charge >= 0.3 is 0 Å². The van der Waals surface area contributed by atoms with Crippen LogP contribution in [0, 0.1) is 11.6 Å². The van der Waals surface area contributed by atoms with E-state index in [2.05, 4.69) is 10.6 Å². The zero-order valence-electron chi connectivity index (χ0n) is 10.4. The molecule has 1 saturated carbocycles. The second-order valence-corrected chi connectivity index (χ2v) is 4.68. The van der Waals surface area contributed by atoms with Crippen molar-refractivity contribution in [1.82, 2.24) is 10.6 Å². The van der Waals surface area contributed by atoms with Gasteiger partial charge in [0.2, 0.25) is 5.91 Å². The Morgan fingerprint density at radius 2 is 1.95 bits per heavy atom. The van der Waals surface area contributed by atoms with E-state index < -0.39 is 17.4 Å². The number of amides is 1. The molecule has 1 aliphatic rings. The van der Waals surface area contributed by atoms with Crippen LogP contribution >= 0.6 is 0 Å². The van der Waals surface area contributed by atoms with E-state index in [1.54, 1.807) is 0 Å². The minimum Gasteiger partial charge on any atom is -0.503 e. The highest BCUT2D eigenvalue weighted by Gasteiger charge is 2.22. The standard InChI is InChI=1S/C13H16F2N2O2/c14-10-5-8(6-11(15)13(10)19)7-16-4-3-12(18)17-9-1-2-9/h5-6,9,16,19H,1-4,7H2,(H,17,18). The molecule has 19 heavy (non-hydrogen) atoms. The van der Waals surface area contributed by atoms with Crippen LogP contribution in [-0.2, 0) is 11.3 Å². The van der Waals surface area contributed by atoms with Crippen molar-refractivity contribution >= 4 is 5.91 Å². The van der Waals surface area contributed by atoms with Crippen molar-refractivity contribution in [3.8, 4) is 5.75 Å². The van der Waals surface area contributed by atoms with Gasteiger partial charge in [0, 0.05) is 25.6 Å². The first-order valence-electron chi connectivity index (χ1n) is 6.23. The number of nitrogens with one attached hydrogen (secondary N) is 2. The normalized spacial score (nSPS) is 14.4. The fourth-order valence-corrected chi connectivity index (χ4v) is 1.68. The van der Waals surface area contributed by atoms with Crippen LogP contribution in [0.15, 0.2) is 12.1 Å². The van der Waals surface area contributed by atoms with Crippen LogP contribution in [0.3, 0.4) is 0 Å². The van der Waals surface area contributed by atoms with Crippen LogP contribution in [-0.4, -0.2) is 23.6 Å². The Hall–Kier alpha value is -1.69. The van der Waals surface area contributed by atoms with E-state index >= 15 is 0 Å². The highest BCUT2D eigenvalue weighted by Crippen LogP contribution is 2.21. The van der Waals surface area contributed by atoms with Crippen molar-refractivity contribution in [1.29, 1.82) is 0 Å². The van der Waals surface area contributed by atoms with E-state index in [4.69, 9.17) is 5.11 Å². The van der Waals surface area contributed by atoms with Gasteiger partial charge in [-0.3, -0.25) is 4.79 Å². The average Bonchev–Trinajstić information content (AvgIpc) is 3.15. The number of aromatic hydroxyl groups is 1. The molecule has 1 aromatic rings. The van der Waals surface area contributed by atoms with Crippen molar-refractivity contribution in [3.63, 3.8) is 0 Å². The second-order valence-electron chi connectivity index (χ2n) is 4.68. The van der Waals surface area contributed by atoms with E-state index in [1.165, 1.54) is 0 Å². The quantitative estimate of drug-likeness (QED) is 0.685. The smallest absolute Gasteiger partial charge is 0.221 e. The Bertz CT molecular complexity index is 453. The van der Waals surface area contributed by atoms with E-state index in [1.807, 2.05) is 0 Å². The van der Waals surface area contributed by atoms with E-state index in [-0.39, 0.29) is 12.5 Å². The molecule has 4 nitrogen and oxygen atoms in total. The first kappa shape index (κ1) is 13.7. The van der Waals surface area contributed by atoms with Crippen LogP contribution in [0.2, 0.25) is 0 Å². The van der Waals surface area contributed by atoms with Crippen molar-refractivity contribution in [2.45, 2.75) is 31.8 Å². The summed E-state index contributed by atoms with van der Waals surface area (Å²) in [4.78, 5) is 11.4. The molecular weight excluding hydrogens is 254 g/mol. The lowest BCUT2D eigenvalue weighted by atomic mass is 10.2. The molecule has 0 heterocycles. The molecule has 1 aliphatic carbocycles. The minimum atomic E-state index is -0.983. The van der Waals surface area contributed by atoms with Gasteiger partial charge in [-0.2, -0.15) is 0 Å². The maximum Gasteiger partial charge on any atom is 0.221 e. The molecule has 1 amide bonds. The third-order valence-corrected chi connectivity index (χ3v) is 2.88. The summed E-state index contributed by atoms with van der Waals surface area (Å²) in [6.07, 6.45) is 2.43. The Morgan fingerprint density at radius 1 is 1.32 bits per heavy atom. The molecule has 1 fully saturated rings. The van der Waals surface area contributed by atoms with E-state index in [0.717, 1.165) is 25.0 Å². The van der Waals surface area contributed by atoms with Gasteiger partial charge in [-0.15, -0.1) is 0 Å². The fraction of sp³-hybridized carbons (Fsp3) is 0.462. The lowest BCUT2D eigenvalue weighted by Crippen LogP contribution is -2.29. The third kappa shape index (κ3) is 4.17. The summed E-state index contributed by atoms with van der Waals surface area (Å²) < 4.78 is 26.1. The average molecular weight is 270 g/mol. The van der Waals surface area contributed by atoms with Gasteiger partial charge in [-0.1, -0.05) is 0 Å². The van der Waals surface area contributed by atoms with Gasteiger partial charge in [0.25, 0.3) is 0 Å². The number of phenols is 1. The fourth-order valence-electron chi connectivity index (χ4n) is 1.68. The predicted molar refractivity (Wildman–Crippen MR) is 65.5 cm³/mol. The topological polar surface area (TPSA) is 61.4 Å². The van der Waals surface area contributed by atoms with Crippen molar-refractivity contribution in [2.75, 3.05) is 6.54 Å². The van der Waals surface area contributed by atoms with Crippen LogP contribution in [0.5, 0.6) is 5.75 Å². The van der Waals surface area contributed by atoms with Crippen molar-refractivity contribution < 1.29 is 18.7 Å². The highest BCUT2D eigenvalue weighted by molar-refractivity contribution is 5.76. The van der Waals surface area contributed by atoms with Gasteiger partial charge in [-0.05, 0) is 30.5 Å². The predicted octanol–water partition coefficient (Wildman–Crippen LogP) is 1.43. The van der Waals surface area contributed by atoms with Gasteiger partial charge in [0.15, 0.2) is 17.4 Å². The zero-order chi connectivity index (χ0) is 13.8. The summed E-state index contributed by atoms with van der Waals surface area (Å²) in [6, 6.07) is 2.47. The van der Waals surface area contributed by atoms with Crippen LogP contribution in [0.4, 0.5) is 8.78 Å². The molecule has 0 saturated heterocycles. The molecule has 0 bridgehead atoms. The Morgan fingerprint density at radius 3 is 2.53 bits per heavy atom. The summed E-state index contributed by atoms with van der Waals surface area (Å²) in [5.41, 5.74) is 0.385. The Labute approximate surface area is 109 Å². The number of halogens is 2. The minimum absolute atomic E-state index is 0.0157. The molecule has 104 valence electrons. The summed E-state index contributed by atoms with van der Waals surface area (Å²) in [5, 5.41) is 14.7. The van der Waals surface area contributed by atoms with Crippen molar-refractivity contribution in [2.24, 2.45) is 0 Å². The molecule has 0 aromatic heterocycles. The first-order valence-corrected chi connectivity index (χ1v) is 6.23. The third-order valence-electron chi connectivity index (χ3n) is 2.88. The van der Waals surface area contributed by atoms with E-state index in [9.17, 15) is 13.6 Å². The molecule has 3 N–H and O–H groups in total. The molecule has 1 aromatic carbocycles. The van der Waals surface area contributed by atoms with Crippen LogP contribution in [0.1, 0.15) is 24.8 Å². The molecular formula is C13H16F2N2O2. The first-order chi connectivity index (χ1) is 9.06. The van der Waals surface area contributed by atoms with Crippen LogP contribution in [0.25, 0.3) is 0 Å². The lowest BCUT2D eigenvalue weighted by Gasteiger charge is -2.07. The molecule has 0 atom stereocenters. The highest BCUT2D eigenvalue weighted by atomic mass is 19.1. The number of benzene rings is 1. The molecule has 0 aliphatic heterocycles. The van der Waals surface area contributed by atoms with Gasteiger partial charge < -0.3 is 15.7 Å². The largest absolute Gasteiger partial charge is 0.503 e. The number of hydrogen-bond acceptors (Lipinski definition) is 3. The zero-order valence-corrected chi connectivity index (χ0v) is 10.4. The Kier molecular flexibility index (Phi) is 4.31. The summed E-state index contributed by atoms with van der Waals surface area (Å²) in [5.74, 6) is -2.95. The lowest BCUT2D eigenvalue weighted by molar-refractivity contribution is -0.121. The maximum absolute atomic E-state index is 13.0. The van der Waals surface area contributed by atoms with Crippen molar-refractivity contribution in [3.05, 3.63) is 29.3 Å². The monoisotopic (exact) mass is 270 g/mol. The number of hydrogen-bond donors (Lipinski definition) is 3. The summed E-state index contributed by atoms with van der Waals surface area (Å²) in [7, 11) is 0. The molecule has 0 radical (unpaired) electrons. The van der Waals surface area contributed by atoms with Gasteiger partial charge in [0.1, 0.15) is 0 Å². The number of carbonyl (C=O) groups excluding carboxylic acids is 1. The maximum atomic E-state index is 13.0. The van der Waals surface area contributed by atoms with Gasteiger partial charge in [0.05, 0.1) is 0 Å².